The minimum atomic E-state index is 0.0405. The molecule has 0 unspecified atom stereocenters. The number of aromatic nitrogens is 14. The van der Waals surface area contributed by atoms with Crippen LogP contribution in [0.1, 0.15) is 250 Å². The van der Waals surface area contributed by atoms with Gasteiger partial charge in [-0.1, -0.05) is 164 Å². The van der Waals surface area contributed by atoms with Crippen molar-refractivity contribution in [2.75, 3.05) is 72.3 Å². The summed E-state index contributed by atoms with van der Waals surface area (Å²) < 4.78 is 0. The topological polar surface area (TPSA) is 358 Å². The minimum absolute atomic E-state index is 0.0405. The first-order chi connectivity index (χ1) is 65.1. The third kappa shape index (κ3) is 30.7. The molecule has 701 valence electrons. The van der Waals surface area contributed by atoms with Crippen molar-refractivity contribution in [1.29, 1.82) is 0 Å². The molecule has 3 radical (unpaired) electrons. The number of para-hydroxylation sites is 1. The zero-order valence-corrected chi connectivity index (χ0v) is 82.4. The average Bonchev–Trinajstić information content (AvgIpc) is 1.43. The summed E-state index contributed by atoms with van der Waals surface area (Å²) in [7, 11) is 9.79. The van der Waals surface area contributed by atoms with Crippen LogP contribution in [-0.4, -0.2) is 150 Å². The second-order valence-corrected chi connectivity index (χ2v) is 36.6. The number of benzene rings is 2. The first-order valence-corrected chi connectivity index (χ1v) is 47.9. The van der Waals surface area contributed by atoms with Crippen molar-refractivity contribution in [3.05, 3.63) is 282 Å². The highest BCUT2D eigenvalue weighted by molar-refractivity contribution is 6.88. The number of anilines is 6. The van der Waals surface area contributed by atoms with E-state index in [0.29, 0.717) is 41.2 Å². The van der Waals surface area contributed by atoms with Crippen molar-refractivity contribution in [2.24, 2.45) is 15.7 Å². The van der Waals surface area contributed by atoms with Crippen molar-refractivity contribution in [2.45, 2.75) is 229 Å². The van der Waals surface area contributed by atoms with Gasteiger partial charge in [-0.25, -0.2) is 40.4 Å². The molecule has 7 aliphatic rings. The summed E-state index contributed by atoms with van der Waals surface area (Å²) in [6, 6.07) is 48.1. The lowest BCUT2D eigenvalue weighted by Crippen LogP contribution is -2.24. The standard InChI is InChI=1S/C13H15NO.2C12H18N2.C11H16BN.C10H14BN2.C10H14N2O.C10H10N2O.C9H11N3.C8H8BN2.C6H5BN3.C4H7N3/c1-8(2)10-4-5-11-12(7-10)14-9(3)6-13(11)15;2*1-9(2)11-7-6-10-5-3-4-8-13-12(10)14-11;1-8(2)12-6-10-5-4-9(3)13-11(10)7-12;1-7(2)9-4-3-8-5-11-6-12-10(8)13-9;1-7(2)9-4-3-8-5-6-13-12-10(8)11-9;1-11-10-6-9(13)7-4-2-3-5-8(7)12-10;1-6(2)7-3-4-8-9(12-7)11-5-10-8;1-2-8-9-6-3-4-10-5-7(6)11-8;8-6-7-4-1-2-9-3-5(4)10-6;1-5-4-2-3-6-7-4/h4-8H,1-3H3,(H,14,15);2*6-7,9H,3-5,8H2,1-2H3,(H,13,14);4-5,8H,6-7H2,1-3H3;3-4,7H,5-6H2,1-2H3,(H,12,13);3-4,7H,5-6H2,1-2H3,(H,11,12);2-6H,1H3,(H2,11,12,13);3-6H,1-2H3,(H,10,11,12);3-5H,2H2,1H3;1-3H,(H2,8,10);2-3H,1H3,(H2,5,6,7). The van der Waals surface area contributed by atoms with E-state index in [1.165, 1.54) is 113 Å². The molecule has 2 aromatic carbocycles. The van der Waals surface area contributed by atoms with Gasteiger partial charge in [0.15, 0.2) is 29.0 Å². The van der Waals surface area contributed by atoms with Gasteiger partial charge in [0.1, 0.15) is 36.4 Å². The Bertz CT molecular complexity index is 6200. The van der Waals surface area contributed by atoms with E-state index < -0.39 is 0 Å². The van der Waals surface area contributed by atoms with Crippen LogP contribution in [0.3, 0.4) is 0 Å². The molecule has 0 aliphatic carbocycles. The molecular weight excluding hydrogens is 1670 g/mol. The number of imidazole rings is 1. The number of hydrogen-bond donors (Lipinski definition) is 11. The summed E-state index contributed by atoms with van der Waals surface area (Å²) in [5.74, 6) is 9.64. The summed E-state index contributed by atoms with van der Waals surface area (Å²) in [5.41, 5.74) is 35.1. The van der Waals surface area contributed by atoms with Gasteiger partial charge < -0.3 is 47.3 Å². The molecule has 135 heavy (non-hydrogen) atoms. The molecule has 0 saturated carbocycles. The molecule has 0 atom stereocenters. The molecule has 14 aromatic rings. The molecular formula is C105H136B4N23O3. The van der Waals surface area contributed by atoms with E-state index in [-0.39, 0.29) is 10.9 Å². The number of fused-ring (bicyclic) bond motifs is 10. The third-order valence-corrected chi connectivity index (χ3v) is 23.7. The van der Waals surface area contributed by atoms with Gasteiger partial charge in [-0.3, -0.25) is 39.5 Å². The Balaban J connectivity index is 0.000000143. The number of pyridine rings is 10. The van der Waals surface area contributed by atoms with Crippen LogP contribution in [0.15, 0.2) is 202 Å². The van der Waals surface area contributed by atoms with E-state index >= 15 is 0 Å². The number of aromatic amines is 4. The highest BCUT2D eigenvalue weighted by Gasteiger charge is 2.28. The second-order valence-electron chi connectivity index (χ2n) is 36.6. The van der Waals surface area contributed by atoms with Crippen molar-refractivity contribution < 1.29 is 4.84 Å². The van der Waals surface area contributed by atoms with E-state index in [1.807, 2.05) is 88.0 Å². The van der Waals surface area contributed by atoms with Gasteiger partial charge in [0.25, 0.3) is 0 Å². The van der Waals surface area contributed by atoms with Crippen LogP contribution in [0.5, 0.6) is 0 Å². The molecule has 0 amide bonds. The van der Waals surface area contributed by atoms with Crippen molar-refractivity contribution in [1.82, 2.24) is 70.0 Å². The van der Waals surface area contributed by atoms with E-state index in [4.69, 9.17) is 10.6 Å². The summed E-state index contributed by atoms with van der Waals surface area (Å²) in [5, 5.41) is 23.8. The Kier molecular flexibility index (Phi) is 39.0. The number of hydrogen-bond acceptors (Lipinski definition) is 22. The van der Waals surface area contributed by atoms with Gasteiger partial charge in [-0.05, 0) is 249 Å². The van der Waals surface area contributed by atoms with Crippen LogP contribution in [0.2, 0.25) is 5.82 Å². The van der Waals surface area contributed by atoms with Gasteiger partial charge in [0.05, 0.1) is 59.7 Å². The maximum atomic E-state index is 11.7. The molecule has 7 aliphatic heterocycles. The SMILES string of the molecule is CC(C)c1ccc2[nH]cnc2n1.CC(C)c1ccc2c(n1)NCCCC2.CC(C)c1ccc2c(n1)NCCCC2.CC(C)c1ccc2c(n1)NC[B]C2.CC(C)c1ccc2c(n1)NOCC2.CCC1=Nc2cnccc2[B]1.CNc1cc(=O)c2ccccc2[nH]1.CNc1ccn[nH]1.Cc1cc(=O)c2ccc(C(C)C)cc2[nH]1.Cc1ccc2c(n1)CB(C(C)C)C2.NC1=Nc2cnccc2[B]1. The molecule has 12 N–H and O–H groups in total. The van der Waals surface area contributed by atoms with Gasteiger partial charge in [0, 0.05) is 120 Å². The van der Waals surface area contributed by atoms with Crippen LogP contribution < -0.4 is 59.6 Å². The van der Waals surface area contributed by atoms with Gasteiger partial charge in [-0.2, -0.15) is 5.10 Å². The monoisotopic (exact) mass is 1810 g/mol. The van der Waals surface area contributed by atoms with Crippen LogP contribution in [0.25, 0.3) is 33.0 Å². The van der Waals surface area contributed by atoms with Gasteiger partial charge >= 0.3 is 0 Å². The molecule has 0 saturated heterocycles. The number of rotatable bonds is 10. The Morgan fingerprint density at radius 1 is 0.496 bits per heavy atom. The van der Waals surface area contributed by atoms with Crippen LogP contribution in [0, 0.1) is 13.8 Å². The predicted octanol–water partition coefficient (Wildman–Crippen LogP) is 19.6. The number of aryl methyl sites for hydroxylation is 4. The Morgan fingerprint density at radius 2 is 1.05 bits per heavy atom. The largest absolute Gasteiger partial charge is 0.395 e. The van der Waals surface area contributed by atoms with Crippen molar-refractivity contribution in [3.8, 4) is 0 Å². The lowest BCUT2D eigenvalue weighted by molar-refractivity contribution is 0.185. The van der Waals surface area contributed by atoms with Crippen LogP contribution in [-0.2, 0) is 43.1 Å². The molecule has 21 rings (SSSR count). The van der Waals surface area contributed by atoms with E-state index in [9.17, 15) is 9.59 Å². The number of H-pyrrole nitrogens is 4. The fourth-order valence-electron chi connectivity index (χ4n) is 15.4. The van der Waals surface area contributed by atoms with E-state index in [1.54, 1.807) is 56.5 Å². The zero-order valence-electron chi connectivity index (χ0n) is 82.4. The summed E-state index contributed by atoms with van der Waals surface area (Å²) in [6.45, 7) is 40.3. The molecule has 12 aromatic heterocycles. The number of nitrogens with two attached hydrogens (primary N) is 1. The molecule has 26 nitrogen and oxygen atoms in total. The lowest BCUT2D eigenvalue weighted by atomic mass is 9.40. The molecule has 0 fully saturated rings. The summed E-state index contributed by atoms with van der Waals surface area (Å²) >= 11 is 0. The fourth-order valence-corrected chi connectivity index (χ4v) is 15.4. The maximum absolute atomic E-state index is 11.7. The highest BCUT2D eigenvalue weighted by Crippen LogP contribution is 2.30. The molecule has 0 bridgehead atoms. The first-order valence-electron chi connectivity index (χ1n) is 47.9. The lowest BCUT2D eigenvalue weighted by Gasteiger charge is -2.18. The number of nitrogens with one attached hydrogen (secondary N) is 10. The Hall–Kier alpha value is -13.1. The van der Waals surface area contributed by atoms with Crippen molar-refractivity contribution >= 4 is 130 Å². The van der Waals surface area contributed by atoms with Crippen LogP contribution in [0.4, 0.5) is 46.3 Å². The quantitative estimate of drug-likeness (QED) is 0.0567. The fraction of sp³-hybridized carbons (Fsp3) is 0.390. The maximum Gasteiger partial charge on any atom is 0.242 e. The zero-order chi connectivity index (χ0) is 96.5. The Labute approximate surface area is 799 Å². The molecule has 0 spiro atoms. The summed E-state index contributed by atoms with van der Waals surface area (Å²) in [4.78, 5) is 85.4. The van der Waals surface area contributed by atoms with Crippen molar-refractivity contribution in [3.63, 3.8) is 0 Å². The van der Waals surface area contributed by atoms with Gasteiger partial charge in [-0.15, -0.1) is 0 Å². The summed E-state index contributed by atoms with van der Waals surface area (Å²) in [6.07, 6.45) is 24.2. The predicted molar refractivity (Wildman–Crippen MR) is 566 cm³/mol. The number of amidine groups is 1. The second kappa shape index (κ2) is 51.4. The highest BCUT2D eigenvalue weighted by atomic mass is 16.6. The van der Waals surface area contributed by atoms with E-state index in [2.05, 4.69) is 304 Å². The minimum Gasteiger partial charge on any atom is -0.395 e. The van der Waals surface area contributed by atoms with E-state index in [0.717, 1.165) is 171 Å². The smallest absolute Gasteiger partial charge is 0.242 e. The first kappa shape index (κ1) is 102. The number of nitrogens with zero attached hydrogens (tertiary/aromatic N) is 12. The van der Waals surface area contributed by atoms with Crippen LogP contribution >= 0.6 is 0 Å². The third-order valence-electron chi connectivity index (χ3n) is 23.7. The van der Waals surface area contributed by atoms with Gasteiger partial charge in [0.2, 0.25) is 14.6 Å². The normalized spacial score (nSPS) is 13.5. The molecule has 30 heteroatoms. The Morgan fingerprint density at radius 3 is 1.62 bits per heavy atom. The molecule has 19 heterocycles. The average molecular weight is 1810 g/mol. The number of aliphatic imine (C=N–C) groups is 2.